The minimum absolute atomic E-state index is 0.195. The second-order valence-corrected chi connectivity index (χ2v) is 6.81. The molecule has 0 spiro atoms. The summed E-state index contributed by atoms with van der Waals surface area (Å²) >= 11 is 0. The number of benzene rings is 3. The van der Waals surface area contributed by atoms with Gasteiger partial charge in [-0.1, -0.05) is 36.4 Å². The van der Waals surface area contributed by atoms with Crippen molar-refractivity contribution in [2.24, 2.45) is 0 Å². The Morgan fingerprint density at radius 3 is 2.58 bits per heavy atom. The van der Waals surface area contributed by atoms with Crippen LogP contribution in [0.5, 0.6) is 23.0 Å². The van der Waals surface area contributed by atoms with Gasteiger partial charge in [0, 0.05) is 18.2 Å². The van der Waals surface area contributed by atoms with Gasteiger partial charge in [0.1, 0.15) is 11.5 Å². The maximum absolute atomic E-state index is 12.9. The number of hydrogen-bond acceptors (Lipinski definition) is 6. The zero-order chi connectivity index (χ0) is 21.6. The smallest absolute Gasteiger partial charge is 0.258 e. The van der Waals surface area contributed by atoms with Crippen LogP contribution in [0, 0.1) is 0 Å². The number of ether oxygens (including phenoxy) is 4. The molecule has 4 rings (SSSR count). The number of nitrogens with one attached hydrogen (secondary N) is 1. The summed E-state index contributed by atoms with van der Waals surface area (Å²) in [6, 6.07) is 19.3. The van der Waals surface area contributed by atoms with E-state index in [1.165, 1.54) is 7.11 Å². The van der Waals surface area contributed by atoms with E-state index in [2.05, 4.69) is 5.32 Å². The Morgan fingerprint density at radius 1 is 0.968 bits per heavy atom. The Kier molecular flexibility index (Phi) is 6.03. The van der Waals surface area contributed by atoms with E-state index in [1.54, 1.807) is 48.5 Å². The highest BCUT2D eigenvalue weighted by Gasteiger charge is 2.17. The largest absolute Gasteiger partial charge is 0.497 e. The summed E-state index contributed by atoms with van der Waals surface area (Å²) in [7, 11) is 1.52. The van der Waals surface area contributed by atoms with Crippen molar-refractivity contribution < 1.29 is 28.5 Å². The summed E-state index contributed by atoms with van der Waals surface area (Å²) in [5.41, 5.74) is 1.76. The molecule has 1 aliphatic heterocycles. The molecule has 0 unspecified atom stereocenters. The van der Waals surface area contributed by atoms with Gasteiger partial charge in [0.25, 0.3) is 5.91 Å². The molecular formula is C24H21NO6. The number of amides is 1. The molecule has 158 valence electrons. The minimum atomic E-state index is -0.321. The van der Waals surface area contributed by atoms with Gasteiger partial charge in [-0.25, -0.2) is 0 Å². The van der Waals surface area contributed by atoms with Crippen LogP contribution < -0.4 is 24.3 Å². The zero-order valence-corrected chi connectivity index (χ0v) is 16.9. The molecule has 0 saturated heterocycles. The first-order chi connectivity index (χ1) is 15.1. The average Bonchev–Trinajstić information content (AvgIpc) is 3.29. The maximum Gasteiger partial charge on any atom is 0.258 e. The van der Waals surface area contributed by atoms with Crippen molar-refractivity contribution >= 4 is 11.7 Å². The van der Waals surface area contributed by atoms with Crippen molar-refractivity contribution in [1.82, 2.24) is 5.32 Å². The fourth-order valence-corrected chi connectivity index (χ4v) is 3.13. The van der Waals surface area contributed by atoms with Crippen molar-refractivity contribution in [2.45, 2.75) is 6.54 Å². The first-order valence-electron chi connectivity index (χ1n) is 9.70. The molecule has 1 N–H and O–H groups in total. The van der Waals surface area contributed by atoms with E-state index in [9.17, 15) is 9.59 Å². The Hall–Kier alpha value is -4.00. The van der Waals surface area contributed by atoms with Crippen LogP contribution in [0.4, 0.5) is 0 Å². The lowest BCUT2D eigenvalue weighted by Crippen LogP contribution is -2.28. The SMILES string of the molecule is COc1ccc(C(=O)c2ccccc2)c(OCC(=O)NCc2ccc3c(c2)OCO3)c1. The third kappa shape index (κ3) is 4.78. The van der Waals surface area contributed by atoms with Crippen molar-refractivity contribution in [1.29, 1.82) is 0 Å². The molecule has 7 heteroatoms. The van der Waals surface area contributed by atoms with E-state index < -0.39 is 0 Å². The molecule has 0 atom stereocenters. The van der Waals surface area contributed by atoms with E-state index >= 15 is 0 Å². The lowest BCUT2D eigenvalue weighted by atomic mass is 10.0. The Morgan fingerprint density at radius 2 is 1.77 bits per heavy atom. The Bertz CT molecular complexity index is 1100. The van der Waals surface area contributed by atoms with Crippen LogP contribution in [-0.2, 0) is 11.3 Å². The van der Waals surface area contributed by atoms with E-state index in [4.69, 9.17) is 18.9 Å². The third-order valence-electron chi connectivity index (χ3n) is 4.75. The summed E-state index contributed by atoms with van der Waals surface area (Å²) in [4.78, 5) is 25.2. The van der Waals surface area contributed by atoms with Crippen LogP contribution in [-0.4, -0.2) is 32.2 Å². The van der Waals surface area contributed by atoms with Gasteiger partial charge in [-0.2, -0.15) is 0 Å². The number of rotatable bonds is 8. The van der Waals surface area contributed by atoms with Crippen molar-refractivity contribution in [3.63, 3.8) is 0 Å². The molecule has 7 nitrogen and oxygen atoms in total. The monoisotopic (exact) mass is 419 g/mol. The highest BCUT2D eigenvalue weighted by atomic mass is 16.7. The van der Waals surface area contributed by atoms with Crippen LogP contribution in [0.25, 0.3) is 0 Å². The fraction of sp³-hybridized carbons (Fsp3) is 0.167. The van der Waals surface area contributed by atoms with Crippen molar-refractivity contribution in [3.8, 4) is 23.0 Å². The van der Waals surface area contributed by atoms with Gasteiger partial charge < -0.3 is 24.3 Å². The summed E-state index contributed by atoms with van der Waals surface area (Å²) in [6.07, 6.45) is 0. The highest BCUT2D eigenvalue weighted by Crippen LogP contribution is 2.32. The summed E-state index contributed by atoms with van der Waals surface area (Å²) in [5.74, 6) is 1.64. The van der Waals surface area contributed by atoms with Gasteiger partial charge in [-0.15, -0.1) is 0 Å². The molecule has 1 heterocycles. The first-order valence-corrected chi connectivity index (χ1v) is 9.70. The molecule has 0 fully saturated rings. The van der Waals surface area contributed by atoms with Gasteiger partial charge in [-0.05, 0) is 29.8 Å². The van der Waals surface area contributed by atoms with Crippen LogP contribution in [0.15, 0.2) is 66.7 Å². The molecule has 0 radical (unpaired) electrons. The summed E-state index contributed by atoms with van der Waals surface area (Å²) < 4.78 is 21.5. The molecule has 0 bridgehead atoms. The number of hydrogen-bond donors (Lipinski definition) is 1. The number of carbonyl (C=O) groups is 2. The average molecular weight is 419 g/mol. The van der Waals surface area contributed by atoms with Gasteiger partial charge in [-0.3, -0.25) is 9.59 Å². The van der Waals surface area contributed by atoms with E-state index in [0.717, 1.165) is 5.56 Å². The molecule has 31 heavy (non-hydrogen) atoms. The van der Waals surface area contributed by atoms with Gasteiger partial charge >= 0.3 is 0 Å². The molecular weight excluding hydrogens is 398 g/mol. The maximum atomic E-state index is 12.9. The van der Waals surface area contributed by atoms with Crippen LogP contribution in [0.1, 0.15) is 21.5 Å². The normalized spacial score (nSPS) is 11.6. The van der Waals surface area contributed by atoms with Gasteiger partial charge in [0.15, 0.2) is 23.9 Å². The number of fused-ring (bicyclic) bond motifs is 1. The van der Waals surface area contributed by atoms with Crippen molar-refractivity contribution in [2.75, 3.05) is 20.5 Å². The predicted octanol–water partition coefficient (Wildman–Crippen LogP) is 3.35. The van der Waals surface area contributed by atoms with Gasteiger partial charge in [0.2, 0.25) is 6.79 Å². The van der Waals surface area contributed by atoms with E-state index in [1.807, 2.05) is 18.2 Å². The molecule has 3 aromatic rings. The third-order valence-corrected chi connectivity index (χ3v) is 4.75. The number of carbonyl (C=O) groups excluding carboxylic acids is 2. The predicted molar refractivity (Wildman–Crippen MR) is 113 cm³/mol. The summed E-state index contributed by atoms with van der Waals surface area (Å²) in [6.45, 7) is 0.267. The van der Waals surface area contributed by atoms with E-state index in [0.29, 0.717) is 34.9 Å². The molecule has 1 aliphatic rings. The second kappa shape index (κ2) is 9.21. The number of ketones is 1. The lowest BCUT2D eigenvalue weighted by Gasteiger charge is -2.13. The molecule has 0 saturated carbocycles. The second-order valence-electron chi connectivity index (χ2n) is 6.81. The van der Waals surface area contributed by atoms with Crippen molar-refractivity contribution in [3.05, 3.63) is 83.4 Å². The number of methoxy groups -OCH3 is 1. The van der Waals surface area contributed by atoms with E-state index in [-0.39, 0.29) is 30.8 Å². The highest BCUT2D eigenvalue weighted by molar-refractivity contribution is 6.10. The molecule has 3 aromatic carbocycles. The van der Waals surface area contributed by atoms with Crippen LogP contribution in [0.3, 0.4) is 0 Å². The molecule has 0 aromatic heterocycles. The minimum Gasteiger partial charge on any atom is -0.497 e. The Labute approximate surface area is 179 Å². The van der Waals surface area contributed by atoms with Crippen LogP contribution in [0.2, 0.25) is 0 Å². The molecule has 1 amide bonds. The first kappa shape index (κ1) is 20.3. The Balaban J connectivity index is 1.41. The summed E-state index contributed by atoms with van der Waals surface area (Å²) in [5, 5.41) is 2.79. The lowest BCUT2D eigenvalue weighted by molar-refractivity contribution is -0.123. The topological polar surface area (TPSA) is 83.1 Å². The standard InChI is InChI=1S/C24H21NO6/c1-28-18-8-9-19(24(27)17-5-3-2-4-6-17)21(12-18)29-14-23(26)25-13-16-7-10-20-22(11-16)31-15-30-20/h2-12H,13-15H2,1H3,(H,25,26). The zero-order valence-electron chi connectivity index (χ0n) is 16.9. The quantitative estimate of drug-likeness (QED) is 0.564. The van der Waals surface area contributed by atoms with Gasteiger partial charge in [0.05, 0.1) is 12.7 Å². The molecule has 0 aliphatic carbocycles. The van der Waals surface area contributed by atoms with Crippen LogP contribution >= 0.6 is 0 Å². The fourth-order valence-electron chi connectivity index (χ4n) is 3.13.